The summed E-state index contributed by atoms with van der Waals surface area (Å²) in [4.78, 5) is 12.8. The van der Waals surface area contributed by atoms with Crippen LogP contribution in [0.3, 0.4) is 0 Å². The number of halogens is 2. The second kappa shape index (κ2) is 5.87. The highest BCUT2D eigenvalue weighted by Crippen LogP contribution is 2.29. The summed E-state index contributed by atoms with van der Waals surface area (Å²) in [5.74, 6) is 0.703. The van der Waals surface area contributed by atoms with Crippen molar-refractivity contribution in [3.05, 3.63) is 49.6 Å². The lowest BCUT2D eigenvalue weighted by Crippen LogP contribution is -1.99. The van der Waals surface area contributed by atoms with Gasteiger partial charge in [-0.25, -0.2) is 0 Å². The molecule has 2 aromatic rings. The van der Waals surface area contributed by atoms with Crippen molar-refractivity contribution in [3.63, 3.8) is 0 Å². The van der Waals surface area contributed by atoms with Crippen LogP contribution in [0.2, 0.25) is 4.34 Å². The predicted octanol–water partition coefficient (Wildman–Crippen LogP) is 4.79. The van der Waals surface area contributed by atoms with Gasteiger partial charge in [0.15, 0.2) is 0 Å². The van der Waals surface area contributed by atoms with Gasteiger partial charge in [-0.1, -0.05) is 11.6 Å². The third-order valence-corrected chi connectivity index (χ3v) is 4.14. The lowest BCUT2D eigenvalue weighted by atomic mass is 10.1. The van der Waals surface area contributed by atoms with Crippen molar-refractivity contribution in [2.75, 3.05) is 6.61 Å². The molecule has 0 amide bonds. The lowest BCUT2D eigenvalue weighted by molar-refractivity contribution is 0.104. The van der Waals surface area contributed by atoms with E-state index in [0.29, 0.717) is 21.4 Å². The molecule has 2 nitrogen and oxygen atoms in total. The molecule has 18 heavy (non-hydrogen) atoms. The van der Waals surface area contributed by atoms with E-state index in [4.69, 9.17) is 16.3 Å². The molecule has 0 N–H and O–H groups in total. The van der Waals surface area contributed by atoms with E-state index in [-0.39, 0.29) is 5.78 Å². The van der Waals surface area contributed by atoms with E-state index in [2.05, 4.69) is 15.9 Å². The summed E-state index contributed by atoms with van der Waals surface area (Å²) in [6, 6.07) is 8.77. The number of hydrogen-bond donors (Lipinski definition) is 0. The quantitative estimate of drug-likeness (QED) is 0.744. The highest BCUT2D eigenvalue weighted by Gasteiger charge is 2.13. The summed E-state index contributed by atoms with van der Waals surface area (Å²) in [7, 11) is 0. The molecule has 0 aliphatic carbocycles. The van der Waals surface area contributed by atoms with E-state index in [1.165, 1.54) is 11.3 Å². The van der Waals surface area contributed by atoms with Crippen molar-refractivity contribution >= 4 is 44.7 Å². The van der Waals surface area contributed by atoms with Gasteiger partial charge in [0.2, 0.25) is 5.78 Å². The SMILES string of the molecule is CCOc1ccc(C(=O)c2ccc(Cl)s2)cc1Br. The molecule has 0 atom stereocenters. The molecular weight excluding hydrogens is 336 g/mol. The Kier molecular flexibility index (Phi) is 4.43. The number of thiophene rings is 1. The van der Waals surface area contributed by atoms with Crippen LogP contribution in [0.15, 0.2) is 34.8 Å². The first-order valence-electron chi connectivity index (χ1n) is 5.34. The van der Waals surface area contributed by atoms with E-state index in [9.17, 15) is 4.79 Å². The molecule has 5 heteroatoms. The summed E-state index contributed by atoms with van der Waals surface area (Å²) < 4.78 is 6.79. The van der Waals surface area contributed by atoms with Gasteiger partial charge in [-0.15, -0.1) is 11.3 Å². The maximum Gasteiger partial charge on any atom is 0.203 e. The van der Waals surface area contributed by atoms with E-state index in [0.717, 1.165) is 10.2 Å². The number of benzene rings is 1. The minimum absolute atomic E-state index is 0.0318. The number of rotatable bonds is 4. The van der Waals surface area contributed by atoms with Crippen LogP contribution in [0, 0.1) is 0 Å². The molecule has 2 rings (SSSR count). The van der Waals surface area contributed by atoms with Crippen LogP contribution in [0.4, 0.5) is 0 Å². The summed E-state index contributed by atoms with van der Waals surface area (Å²) >= 11 is 10.5. The Morgan fingerprint density at radius 2 is 2.17 bits per heavy atom. The smallest absolute Gasteiger partial charge is 0.203 e. The maximum absolute atomic E-state index is 12.2. The predicted molar refractivity (Wildman–Crippen MR) is 78.1 cm³/mol. The van der Waals surface area contributed by atoms with E-state index in [1.54, 1.807) is 30.3 Å². The van der Waals surface area contributed by atoms with Crippen molar-refractivity contribution in [1.29, 1.82) is 0 Å². The molecule has 0 aliphatic heterocycles. The van der Waals surface area contributed by atoms with Gasteiger partial charge in [0, 0.05) is 5.56 Å². The van der Waals surface area contributed by atoms with Gasteiger partial charge in [0.25, 0.3) is 0 Å². The van der Waals surface area contributed by atoms with Gasteiger partial charge in [-0.3, -0.25) is 4.79 Å². The van der Waals surface area contributed by atoms with Gasteiger partial charge in [-0.05, 0) is 53.2 Å². The van der Waals surface area contributed by atoms with E-state index < -0.39 is 0 Å². The molecule has 94 valence electrons. The van der Waals surface area contributed by atoms with Crippen LogP contribution < -0.4 is 4.74 Å². The third kappa shape index (κ3) is 2.94. The average Bonchev–Trinajstić information content (AvgIpc) is 2.78. The minimum Gasteiger partial charge on any atom is -0.493 e. The molecule has 1 aromatic heterocycles. The molecule has 0 spiro atoms. The van der Waals surface area contributed by atoms with Crippen LogP contribution >= 0.6 is 38.9 Å². The first kappa shape index (κ1) is 13.6. The largest absolute Gasteiger partial charge is 0.493 e. The fourth-order valence-corrected chi connectivity index (χ4v) is 2.99. The fourth-order valence-electron chi connectivity index (χ4n) is 1.49. The van der Waals surface area contributed by atoms with Crippen LogP contribution in [0.1, 0.15) is 22.2 Å². The van der Waals surface area contributed by atoms with Crippen LogP contribution in [-0.4, -0.2) is 12.4 Å². The fraction of sp³-hybridized carbons (Fsp3) is 0.154. The number of hydrogen-bond acceptors (Lipinski definition) is 3. The zero-order valence-electron chi connectivity index (χ0n) is 9.57. The van der Waals surface area contributed by atoms with E-state index in [1.807, 2.05) is 6.92 Å². The molecule has 1 heterocycles. The lowest BCUT2D eigenvalue weighted by Gasteiger charge is -2.06. The van der Waals surface area contributed by atoms with Gasteiger partial charge in [0.05, 0.1) is 20.3 Å². The Morgan fingerprint density at radius 3 is 2.72 bits per heavy atom. The Labute approximate surface area is 123 Å². The number of ether oxygens (including phenoxy) is 1. The summed E-state index contributed by atoms with van der Waals surface area (Å²) in [6.07, 6.45) is 0. The molecule has 0 saturated carbocycles. The molecule has 0 unspecified atom stereocenters. The molecule has 0 aliphatic rings. The molecule has 0 radical (unpaired) electrons. The molecule has 0 bridgehead atoms. The Hall–Kier alpha value is -0.840. The third-order valence-electron chi connectivity index (χ3n) is 2.29. The Morgan fingerprint density at radius 1 is 1.39 bits per heavy atom. The van der Waals surface area contributed by atoms with Crippen molar-refractivity contribution in [2.24, 2.45) is 0 Å². The Balaban J connectivity index is 2.29. The Bertz CT molecular complexity index is 580. The molecule has 1 aromatic carbocycles. The van der Waals surface area contributed by atoms with Gasteiger partial charge in [0.1, 0.15) is 5.75 Å². The number of carbonyl (C=O) groups excluding carboxylic acids is 1. The summed E-state index contributed by atoms with van der Waals surface area (Å²) in [5.41, 5.74) is 0.615. The monoisotopic (exact) mass is 344 g/mol. The molecule has 0 fully saturated rings. The first-order valence-corrected chi connectivity index (χ1v) is 7.33. The zero-order chi connectivity index (χ0) is 13.1. The standard InChI is InChI=1S/C13H10BrClO2S/c1-2-17-10-4-3-8(7-9(10)14)13(16)11-5-6-12(15)18-11/h3-7H,2H2,1H3. The number of carbonyl (C=O) groups is 1. The summed E-state index contributed by atoms with van der Waals surface area (Å²) in [5, 5.41) is 0. The normalized spacial score (nSPS) is 10.4. The van der Waals surface area contributed by atoms with Crippen LogP contribution in [0.25, 0.3) is 0 Å². The van der Waals surface area contributed by atoms with Crippen molar-refractivity contribution in [2.45, 2.75) is 6.92 Å². The second-order valence-electron chi connectivity index (χ2n) is 3.51. The van der Waals surface area contributed by atoms with Crippen molar-refractivity contribution in [3.8, 4) is 5.75 Å². The van der Waals surface area contributed by atoms with Crippen molar-refractivity contribution < 1.29 is 9.53 Å². The molecular formula is C13H10BrClO2S. The van der Waals surface area contributed by atoms with Gasteiger partial charge in [-0.2, -0.15) is 0 Å². The van der Waals surface area contributed by atoms with Crippen molar-refractivity contribution in [1.82, 2.24) is 0 Å². The second-order valence-corrected chi connectivity index (χ2v) is 6.08. The minimum atomic E-state index is -0.0318. The van der Waals surface area contributed by atoms with Crippen LogP contribution in [-0.2, 0) is 0 Å². The maximum atomic E-state index is 12.2. The average molecular weight is 346 g/mol. The first-order chi connectivity index (χ1) is 8.61. The number of ketones is 1. The van der Waals surface area contributed by atoms with Gasteiger partial charge < -0.3 is 4.74 Å². The van der Waals surface area contributed by atoms with E-state index >= 15 is 0 Å². The highest BCUT2D eigenvalue weighted by molar-refractivity contribution is 9.10. The van der Waals surface area contributed by atoms with Crippen LogP contribution in [0.5, 0.6) is 5.75 Å². The zero-order valence-corrected chi connectivity index (χ0v) is 12.7. The van der Waals surface area contributed by atoms with Gasteiger partial charge >= 0.3 is 0 Å². The summed E-state index contributed by atoms with van der Waals surface area (Å²) in [6.45, 7) is 2.51. The highest BCUT2D eigenvalue weighted by atomic mass is 79.9. The molecule has 0 saturated heterocycles. The topological polar surface area (TPSA) is 26.3 Å².